The maximum absolute atomic E-state index is 12.1. The fraction of sp³-hybridized carbons (Fsp3) is 0.413. The largest absolute Gasteiger partial charge is 0.449 e. The third-order valence-electron chi connectivity index (χ3n) is 9.78. The van der Waals surface area contributed by atoms with E-state index in [1.165, 1.54) is 44.5 Å². The molecule has 21 heteroatoms. The Bertz CT molecular complexity index is 1980. The predicted molar refractivity (Wildman–Crippen MR) is 350 cm³/mol. The molecule has 12 nitrogen and oxygen atoms in total. The molecule has 4 N–H and O–H groups in total. The second kappa shape index (κ2) is 37.2. The van der Waals surface area contributed by atoms with Gasteiger partial charge in [-0.2, -0.15) is 0 Å². The molecule has 0 spiro atoms. The van der Waals surface area contributed by atoms with E-state index in [0.717, 1.165) is 6.42 Å². The number of carbonyl (C=O) groups is 3. The van der Waals surface area contributed by atoms with Crippen molar-refractivity contribution in [3.8, 4) is 22.3 Å². The maximum atomic E-state index is 12.1. The third kappa shape index (κ3) is 22.9. The summed E-state index contributed by atoms with van der Waals surface area (Å²) < 4.78 is 32.9. The van der Waals surface area contributed by atoms with Crippen LogP contribution in [-0.2, 0) is 33.2 Å². The van der Waals surface area contributed by atoms with E-state index < -0.39 is 12.2 Å². The van der Waals surface area contributed by atoms with Gasteiger partial charge in [-0.1, -0.05) is 127 Å². The minimum absolute atomic E-state index is 0. The van der Waals surface area contributed by atoms with Gasteiger partial charge in [-0.3, -0.25) is 4.79 Å². The summed E-state index contributed by atoms with van der Waals surface area (Å²) in [6, 6.07) is 33.0. The Balaban J connectivity index is 0.000000304. The van der Waals surface area contributed by atoms with Gasteiger partial charge >= 0.3 is 129 Å². The minimum atomic E-state index is -0.443. The summed E-state index contributed by atoms with van der Waals surface area (Å²) >= 11 is 15.7. The van der Waals surface area contributed by atoms with Gasteiger partial charge in [-0.15, -0.1) is 0 Å². The van der Waals surface area contributed by atoms with Crippen LogP contribution in [0.5, 0.6) is 0 Å². The molecule has 6 rings (SSSR count). The van der Waals surface area contributed by atoms with Crippen molar-refractivity contribution in [2.24, 2.45) is 5.73 Å². The molecule has 0 aliphatic heterocycles. The zero-order chi connectivity index (χ0) is 47.5. The third-order valence-corrected chi connectivity index (χ3v) is 341. The van der Waals surface area contributed by atoms with E-state index in [9.17, 15) is 14.4 Å². The molecule has 0 heterocycles. The summed E-state index contributed by atoms with van der Waals surface area (Å²) in [5.41, 5.74) is 15.0. The molecule has 0 aromatic heterocycles. The number of ether oxygens (including phenoxy) is 6. The van der Waals surface area contributed by atoms with Gasteiger partial charge < -0.3 is 44.8 Å². The first-order valence-electron chi connectivity index (χ1n) is 20.8. The molecule has 0 radical (unpaired) electrons. The van der Waals surface area contributed by atoms with Crippen molar-refractivity contribution in [1.82, 2.24) is 10.6 Å². The van der Waals surface area contributed by atoms with E-state index in [-0.39, 0.29) is 48.7 Å². The topological polar surface area (TPSA) is 157 Å². The predicted octanol–water partition coefficient (Wildman–Crippen LogP) is 14.6. The number of ketones is 1. The monoisotopic (exact) mass is 1940 g/mol. The van der Waals surface area contributed by atoms with Crippen molar-refractivity contribution in [3.05, 3.63) is 119 Å². The molecule has 0 saturated carbocycles. The summed E-state index contributed by atoms with van der Waals surface area (Å²) in [7, 11) is -0.942. The van der Waals surface area contributed by atoms with Crippen molar-refractivity contribution >= 4 is 157 Å². The first-order valence-corrected chi connectivity index (χ1v) is 66.3. The van der Waals surface area contributed by atoms with E-state index in [0.29, 0.717) is 96.6 Å². The van der Waals surface area contributed by atoms with Gasteiger partial charge in [0.15, 0.2) is 0 Å². The second-order valence-corrected chi connectivity index (χ2v) is 161. The van der Waals surface area contributed by atoms with E-state index in [1.807, 2.05) is 48.5 Å². The maximum Gasteiger partial charge on any atom is 0.407 e. The van der Waals surface area contributed by atoms with Crippen molar-refractivity contribution in [2.45, 2.75) is 32.1 Å². The number of hydrogen-bond donors (Lipinski definition) is 3. The smallest absolute Gasteiger partial charge is 0.407 e. The summed E-state index contributed by atoms with van der Waals surface area (Å²) in [5, 5.41) is 5.43. The Morgan fingerprint density at radius 3 is 1.19 bits per heavy atom. The van der Waals surface area contributed by atoms with E-state index in [4.69, 9.17) is 34.2 Å². The average molecular weight is 1940 g/mol. The van der Waals surface area contributed by atoms with Crippen molar-refractivity contribution < 1.29 is 42.8 Å². The van der Waals surface area contributed by atoms with Crippen LogP contribution in [-0.4, -0.2) is 108 Å². The van der Waals surface area contributed by atoms with Gasteiger partial charge in [-0.25, -0.2) is 9.59 Å². The zero-order valence-electron chi connectivity index (χ0n) is 35.9. The molecule has 0 saturated heterocycles. The minimum Gasteiger partial charge on any atom is -0.449 e. The van der Waals surface area contributed by atoms with E-state index in [2.05, 4.69) is 175 Å². The molecule has 2 aliphatic rings. The van der Waals surface area contributed by atoms with Crippen LogP contribution in [0, 0.1) is 0 Å². The first kappa shape index (κ1) is 62.8. The van der Waals surface area contributed by atoms with Crippen molar-refractivity contribution in [3.63, 3.8) is 0 Å². The molecule has 4 aromatic carbocycles. The summed E-state index contributed by atoms with van der Waals surface area (Å²) in [6.07, 6.45) is 0.431. The van der Waals surface area contributed by atoms with Crippen LogP contribution in [0.1, 0.15) is 54.4 Å². The average Bonchev–Trinajstić information content (AvgIpc) is 3.83. The van der Waals surface area contributed by atoms with Crippen LogP contribution in [0.4, 0.5) is 9.59 Å². The fourth-order valence-corrected chi connectivity index (χ4v) is 426. The number of carbonyl (C=O) groups excluding carboxylic acids is 3. The van der Waals surface area contributed by atoms with E-state index in [1.54, 1.807) is 0 Å². The Kier molecular flexibility index (Phi) is 34.9. The number of Topliss-reactive ketones (excluding diaryl/α,β-unsaturated/α-hetero) is 1. The molecule has 4 aromatic rings. The van der Waals surface area contributed by atoms with Crippen LogP contribution in [0.15, 0.2) is 97.1 Å². The summed E-state index contributed by atoms with van der Waals surface area (Å²) in [5.74, 6) is 0.373. The van der Waals surface area contributed by atoms with Crippen LogP contribution >= 0.6 is 139 Å². The number of alkyl halides is 1. The molecule has 0 fully saturated rings. The SMILES string of the molecule is C.II(I)I(I)I(I)I.NCCOCCOCCNC(=O)OCC1c2ccccc2-c2ccccc21.O=C(CI)CCCOCCOCCNC(=O)OCC1c2ccccc2-c2ccccc21. The molecule has 0 unspecified atom stereocenters. The van der Waals surface area contributed by atoms with Crippen LogP contribution in [0.2, 0.25) is 0 Å². The molecule has 2 aliphatic carbocycles. The summed E-state index contributed by atoms with van der Waals surface area (Å²) in [6.45, 7) is 5.69. The van der Waals surface area contributed by atoms with Crippen LogP contribution < -0.4 is 16.4 Å². The molecule has 2 amide bonds. The Hall–Kier alpha value is 1.46. The number of fused-ring (bicyclic) bond motifs is 6. The molecular formula is C46H58I9N3O9. The number of nitrogens with one attached hydrogen (secondary N) is 2. The Labute approximate surface area is 472 Å². The van der Waals surface area contributed by atoms with Gasteiger partial charge in [0.1, 0.15) is 19.0 Å². The standard InChI is InChI=1S/C24H28INO5.C21H26N2O4.CH4.I8/c25-16-18(27)6-5-12-29-14-15-30-13-11-26-24(28)31-17-23-21-9-3-1-7-19(21)20-8-2-4-10-22(20)23;22-9-11-25-13-14-26-12-10-23-21(24)27-15-20-18-7-3-1-5-16(18)17-6-2-4-8-19(17)20;;1-6(2)8(5)7(3)4/h1-4,7-10,23H,5-6,11-17H2,(H,26,28);1-8,20H,9-15,22H2,(H,23,24);1H4;. The number of amides is 2. The van der Waals surface area contributed by atoms with Gasteiger partial charge in [0.25, 0.3) is 0 Å². The Morgan fingerprint density at radius 1 is 0.522 bits per heavy atom. The second-order valence-electron chi connectivity index (χ2n) is 14.0. The van der Waals surface area contributed by atoms with Crippen molar-refractivity contribution in [1.29, 1.82) is 0 Å². The Morgan fingerprint density at radius 2 is 0.866 bits per heavy atom. The first-order chi connectivity index (χ1) is 32.1. The number of nitrogens with two attached hydrogens (primary N) is 1. The molecule has 67 heavy (non-hydrogen) atoms. The van der Waals surface area contributed by atoms with Crippen LogP contribution in [0.25, 0.3) is 22.3 Å². The van der Waals surface area contributed by atoms with Crippen LogP contribution in [0.3, 0.4) is 0 Å². The van der Waals surface area contributed by atoms with Gasteiger partial charge in [-0.05, 0) is 50.9 Å². The molecule has 0 bridgehead atoms. The number of alkyl carbamates (subject to hydrolysis) is 2. The number of rotatable bonds is 25. The number of hydrogen-bond acceptors (Lipinski definition) is 10. The molecule has 374 valence electrons. The van der Waals surface area contributed by atoms with E-state index >= 15 is 0 Å². The van der Waals surface area contributed by atoms with Gasteiger partial charge in [0.2, 0.25) is 0 Å². The fourth-order valence-electron chi connectivity index (χ4n) is 6.95. The summed E-state index contributed by atoms with van der Waals surface area (Å²) in [4.78, 5) is 35.2. The number of benzene rings is 4. The number of halogens is 9. The van der Waals surface area contributed by atoms with Gasteiger partial charge in [0.05, 0.1) is 50.7 Å². The molecule has 0 atom stereocenters. The van der Waals surface area contributed by atoms with Gasteiger partial charge in [0, 0.05) is 44.5 Å². The zero-order valence-corrected chi connectivity index (χ0v) is 55.3. The normalized spacial score (nSPS) is 12.6. The van der Waals surface area contributed by atoms with Crippen molar-refractivity contribution in [2.75, 3.05) is 90.1 Å². The quantitative estimate of drug-likeness (QED) is 0.0332. The molecular weight excluding hydrogens is 1880 g/mol.